The van der Waals surface area contributed by atoms with Gasteiger partial charge in [0.2, 0.25) is 0 Å². The lowest BCUT2D eigenvalue weighted by molar-refractivity contribution is 0.453. The number of hydrogen-bond donors (Lipinski definition) is 1. The summed E-state index contributed by atoms with van der Waals surface area (Å²) in [5, 5.41) is 3.28. The van der Waals surface area contributed by atoms with E-state index in [9.17, 15) is 0 Å². The predicted molar refractivity (Wildman–Crippen MR) is 72.4 cm³/mol. The molecule has 1 atom stereocenters. The average Bonchev–Trinajstić information content (AvgIpc) is 2.86. The molecule has 0 aliphatic rings. The van der Waals surface area contributed by atoms with Crippen LogP contribution in [0.4, 0.5) is 0 Å². The topological polar surface area (TPSA) is 25.2 Å². The Morgan fingerprint density at radius 3 is 2.71 bits per heavy atom. The van der Waals surface area contributed by atoms with Crippen LogP contribution in [-0.4, -0.2) is 12.8 Å². The first-order valence-electron chi connectivity index (χ1n) is 5.70. The van der Waals surface area contributed by atoms with Crippen molar-refractivity contribution in [1.82, 2.24) is 5.32 Å². The maximum Gasteiger partial charge on any atom is 0.121 e. The first-order valence-corrected chi connectivity index (χ1v) is 6.69. The summed E-state index contributed by atoms with van der Waals surface area (Å²) in [6, 6.07) is 12.7. The van der Waals surface area contributed by atoms with Crippen LogP contribution < -0.4 is 5.32 Å². The van der Waals surface area contributed by atoms with Crippen LogP contribution in [-0.2, 0) is 0 Å². The maximum absolute atomic E-state index is 5.43. The van der Waals surface area contributed by atoms with Crippen LogP contribution in [0.1, 0.15) is 17.4 Å². The van der Waals surface area contributed by atoms with E-state index in [1.807, 2.05) is 30.9 Å². The zero-order chi connectivity index (χ0) is 12.1. The number of nitrogens with one attached hydrogen (secondary N) is 1. The van der Waals surface area contributed by atoms with E-state index in [1.54, 1.807) is 6.26 Å². The molecule has 0 bridgehead atoms. The van der Waals surface area contributed by atoms with Crippen molar-refractivity contribution in [2.45, 2.75) is 17.9 Å². The van der Waals surface area contributed by atoms with Gasteiger partial charge in [0, 0.05) is 10.6 Å². The van der Waals surface area contributed by atoms with E-state index in [4.69, 9.17) is 4.42 Å². The lowest BCUT2D eigenvalue weighted by atomic mass is 10.2. The Morgan fingerprint density at radius 2 is 2.06 bits per heavy atom. The molecule has 2 aromatic rings. The van der Waals surface area contributed by atoms with Crippen LogP contribution in [0.15, 0.2) is 52.0 Å². The normalized spacial score (nSPS) is 12.6. The Hall–Kier alpha value is -1.19. The van der Waals surface area contributed by atoms with Crippen molar-refractivity contribution in [3.63, 3.8) is 0 Å². The number of furan rings is 1. The largest absolute Gasteiger partial charge is 0.468 e. The van der Waals surface area contributed by atoms with Gasteiger partial charge in [-0.3, -0.25) is 0 Å². The summed E-state index contributed by atoms with van der Waals surface area (Å²) in [4.78, 5) is 1.33. The number of rotatable bonds is 5. The van der Waals surface area contributed by atoms with E-state index in [0.29, 0.717) is 0 Å². The molecule has 0 aliphatic heterocycles. The Balaban J connectivity index is 2.00. The van der Waals surface area contributed by atoms with Crippen LogP contribution in [0.5, 0.6) is 0 Å². The second kappa shape index (κ2) is 5.94. The first kappa shape index (κ1) is 12.3. The molecule has 2 nitrogen and oxygen atoms in total. The van der Waals surface area contributed by atoms with E-state index >= 15 is 0 Å². The van der Waals surface area contributed by atoms with Crippen molar-refractivity contribution < 1.29 is 4.42 Å². The minimum Gasteiger partial charge on any atom is -0.468 e. The van der Waals surface area contributed by atoms with Crippen LogP contribution in [0.25, 0.3) is 0 Å². The maximum atomic E-state index is 5.43. The van der Waals surface area contributed by atoms with E-state index in [0.717, 1.165) is 11.5 Å². The smallest absolute Gasteiger partial charge is 0.121 e. The number of benzene rings is 1. The van der Waals surface area contributed by atoms with Crippen molar-refractivity contribution in [1.29, 1.82) is 0 Å². The second-order valence-electron chi connectivity index (χ2n) is 3.93. The highest BCUT2D eigenvalue weighted by Gasteiger charge is 2.12. The zero-order valence-corrected chi connectivity index (χ0v) is 11.0. The summed E-state index contributed by atoms with van der Waals surface area (Å²) in [5.74, 6) is 1.96. The van der Waals surface area contributed by atoms with Gasteiger partial charge in [-0.1, -0.05) is 18.2 Å². The van der Waals surface area contributed by atoms with Gasteiger partial charge in [0.15, 0.2) is 0 Å². The van der Waals surface area contributed by atoms with E-state index < -0.39 is 0 Å². The molecule has 1 aromatic heterocycles. The number of hydrogen-bond acceptors (Lipinski definition) is 3. The number of aryl methyl sites for hydroxylation is 1. The summed E-state index contributed by atoms with van der Waals surface area (Å²) in [6.45, 7) is 2.14. The number of thioether (sulfide) groups is 1. The fraction of sp³-hybridized carbons (Fsp3) is 0.286. The van der Waals surface area contributed by atoms with Gasteiger partial charge in [0.1, 0.15) is 5.76 Å². The molecule has 1 unspecified atom stereocenters. The Kier molecular flexibility index (Phi) is 4.29. The Labute approximate surface area is 106 Å². The standard InChI is InChI=1S/C14H17NOS/c1-11-6-3-4-8-14(11)17-10-12(15-2)13-7-5-9-16-13/h3-9,12,15H,10H2,1-2H3. The van der Waals surface area contributed by atoms with E-state index in [1.165, 1.54) is 10.5 Å². The molecule has 0 saturated heterocycles. The molecule has 0 radical (unpaired) electrons. The van der Waals surface area contributed by atoms with Crippen molar-refractivity contribution in [2.24, 2.45) is 0 Å². The Bertz CT molecular complexity index is 453. The Morgan fingerprint density at radius 1 is 1.24 bits per heavy atom. The van der Waals surface area contributed by atoms with Gasteiger partial charge in [0.05, 0.1) is 12.3 Å². The van der Waals surface area contributed by atoms with Gasteiger partial charge >= 0.3 is 0 Å². The molecule has 3 heteroatoms. The minimum absolute atomic E-state index is 0.259. The van der Waals surface area contributed by atoms with Crippen LogP contribution in [0.3, 0.4) is 0 Å². The van der Waals surface area contributed by atoms with Crippen LogP contribution in [0.2, 0.25) is 0 Å². The zero-order valence-electron chi connectivity index (χ0n) is 10.1. The SMILES string of the molecule is CNC(CSc1ccccc1C)c1ccco1. The van der Waals surface area contributed by atoms with Gasteiger partial charge in [0.25, 0.3) is 0 Å². The van der Waals surface area contributed by atoms with Crippen LogP contribution in [0, 0.1) is 6.92 Å². The summed E-state index contributed by atoms with van der Waals surface area (Å²) < 4.78 is 5.43. The van der Waals surface area contributed by atoms with Crippen molar-refractivity contribution in [2.75, 3.05) is 12.8 Å². The molecule has 90 valence electrons. The summed E-state index contributed by atoms with van der Waals surface area (Å²) in [7, 11) is 1.96. The molecule has 0 saturated carbocycles. The molecule has 0 fully saturated rings. The third kappa shape index (κ3) is 3.14. The lowest BCUT2D eigenvalue weighted by Gasteiger charge is -2.13. The van der Waals surface area contributed by atoms with Crippen molar-refractivity contribution in [3.8, 4) is 0 Å². The van der Waals surface area contributed by atoms with Crippen LogP contribution >= 0.6 is 11.8 Å². The first-order chi connectivity index (χ1) is 8.31. The summed E-state index contributed by atoms with van der Waals surface area (Å²) in [6.07, 6.45) is 1.72. The molecule has 17 heavy (non-hydrogen) atoms. The molecular formula is C14H17NOS. The highest BCUT2D eigenvalue weighted by molar-refractivity contribution is 7.99. The molecule has 1 heterocycles. The highest BCUT2D eigenvalue weighted by Crippen LogP contribution is 2.27. The van der Waals surface area contributed by atoms with Gasteiger partial charge < -0.3 is 9.73 Å². The molecule has 1 aromatic carbocycles. The van der Waals surface area contributed by atoms with Gasteiger partial charge in [-0.15, -0.1) is 11.8 Å². The molecule has 0 amide bonds. The average molecular weight is 247 g/mol. The minimum atomic E-state index is 0.259. The van der Waals surface area contributed by atoms with Crippen molar-refractivity contribution in [3.05, 3.63) is 54.0 Å². The quantitative estimate of drug-likeness (QED) is 0.817. The lowest BCUT2D eigenvalue weighted by Crippen LogP contribution is -2.18. The third-order valence-electron chi connectivity index (χ3n) is 2.73. The summed E-state index contributed by atoms with van der Waals surface area (Å²) in [5.41, 5.74) is 1.33. The molecule has 1 N–H and O–H groups in total. The van der Waals surface area contributed by atoms with E-state index in [-0.39, 0.29) is 6.04 Å². The second-order valence-corrected chi connectivity index (χ2v) is 5.00. The van der Waals surface area contributed by atoms with Gasteiger partial charge in [-0.25, -0.2) is 0 Å². The highest BCUT2D eigenvalue weighted by atomic mass is 32.2. The summed E-state index contributed by atoms with van der Waals surface area (Å²) >= 11 is 1.86. The predicted octanol–water partition coefficient (Wildman–Crippen LogP) is 3.64. The molecule has 0 aliphatic carbocycles. The molecular weight excluding hydrogens is 230 g/mol. The van der Waals surface area contributed by atoms with Crippen molar-refractivity contribution >= 4 is 11.8 Å². The fourth-order valence-corrected chi connectivity index (χ4v) is 2.84. The van der Waals surface area contributed by atoms with Gasteiger partial charge in [-0.2, -0.15) is 0 Å². The molecule has 2 rings (SSSR count). The monoisotopic (exact) mass is 247 g/mol. The van der Waals surface area contributed by atoms with E-state index in [2.05, 4.69) is 36.5 Å². The van der Waals surface area contributed by atoms with Gasteiger partial charge in [-0.05, 0) is 37.7 Å². The fourth-order valence-electron chi connectivity index (χ4n) is 1.69. The third-order valence-corrected chi connectivity index (χ3v) is 4.00. The molecule has 0 spiro atoms.